The molecule has 0 fully saturated rings. The van der Waals surface area contributed by atoms with E-state index in [1.165, 1.54) is 18.2 Å². The van der Waals surface area contributed by atoms with Crippen LogP contribution in [0.5, 0.6) is 5.75 Å². The largest absolute Gasteiger partial charge is 0.479 e. The first kappa shape index (κ1) is 17.9. The van der Waals surface area contributed by atoms with Crippen molar-refractivity contribution < 1.29 is 18.7 Å². The van der Waals surface area contributed by atoms with Crippen molar-refractivity contribution in [2.24, 2.45) is 5.92 Å². The lowest BCUT2D eigenvalue weighted by Gasteiger charge is -2.34. The van der Waals surface area contributed by atoms with E-state index in [4.69, 9.17) is 4.74 Å². The van der Waals surface area contributed by atoms with E-state index in [-0.39, 0.29) is 11.5 Å². The van der Waals surface area contributed by atoms with Crippen molar-refractivity contribution >= 4 is 23.2 Å². The van der Waals surface area contributed by atoms with E-state index in [2.05, 4.69) is 5.32 Å². The number of carbonyl (C=O) groups excluding carboxylic acids is 2. The van der Waals surface area contributed by atoms with Crippen LogP contribution in [0.25, 0.3) is 0 Å². The number of halogens is 1. The molecule has 1 N–H and O–H groups in total. The number of hydrogen-bond donors (Lipinski definition) is 1. The summed E-state index contributed by atoms with van der Waals surface area (Å²) in [5.74, 6) is -0.117. The fourth-order valence-corrected chi connectivity index (χ4v) is 2.87. The number of ether oxygens (including phenoxy) is 1. The number of nitrogens with zero attached hydrogens (tertiary/aromatic N) is 1. The molecule has 1 unspecified atom stereocenters. The summed E-state index contributed by atoms with van der Waals surface area (Å²) in [6, 6.07) is 10.6. The molecule has 1 aliphatic heterocycles. The molecule has 1 heterocycles. The van der Waals surface area contributed by atoms with Crippen molar-refractivity contribution in [1.82, 2.24) is 0 Å². The molecule has 136 valence electrons. The lowest BCUT2D eigenvalue weighted by Crippen LogP contribution is -2.46. The minimum atomic E-state index is -0.588. The molecule has 0 spiro atoms. The normalized spacial score (nSPS) is 16.3. The van der Waals surface area contributed by atoms with Gasteiger partial charge in [0.15, 0.2) is 6.10 Å². The van der Waals surface area contributed by atoms with Gasteiger partial charge in [-0.3, -0.25) is 9.59 Å². The van der Waals surface area contributed by atoms with Gasteiger partial charge >= 0.3 is 0 Å². The smallest absolute Gasteiger partial charge is 0.267 e. The fourth-order valence-electron chi connectivity index (χ4n) is 2.87. The molecule has 1 aliphatic rings. The van der Waals surface area contributed by atoms with E-state index in [9.17, 15) is 14.0 Å². The fraction of sp³-hybridized carbons (Fsp3) is 0.300. The molecule has 5 nitrogen and oxygen atoms in total. The van der Waals surface area contributed by atoms with Crippen LogP contribution in [0.15, 0.2) is 42.5 Å². The maximum atomic E-state index is 13.3. The van der Waals surface area contributed by atoms with Crippen LogP contribution in [0.3, 0.4) is 0 Å². The van der Waals surface area contributed by atoms with Gasteiger partial charge in [0.1, 0.15) is 11.6 Å². The monoisotopic (exact) mass is 356 g/mol. The van der Waals surface area contributed by atoms with E-state index in [0.29, 0.717) is 29.6 Å². The Morgan fingerprint density at radius 3 is 2.73 bits per heavy atom. The number of amides is 2. The Kier molecular flexibility index (Phi) is 4.93. The number of fused-ring (bicyclic) bond motifs is 1. The Bertz CT molecular complexity index is 851. The van der Waals surface area contributed by atoms with Gasteiger partial charge in [-0.1, -0.05) is 19.9 Å². The van der Waals surface area contributed by atoms with Crippen molar-refractivity contribution in [1.29, 1.82) is 0 Å². The number of benzene rings is 2. The van der Waals surface area contributed by atoms with Gasteiger partial charge in [0.2, 0.25) is 0 Å². The van der Waals surface area contributed by atoms with Crippen LogP contribution in [0.4, 0.5) is 15.8 Å². The molecule has 0 saturated heterocycles. The molecular formula is C20H21FN2O3. The lowest BCUT2D eigenvalue weighted by atomic mass is 10.1. The number of rotatable bonds is 4. The molecule has 0 radical (unpaired) electrons. The summed E-state index contributed by atoms with van der Waals surface area (Å²) in [6.07, 6.45) is -0.588. The minimum absolute atomic E-state index is 0.0808. The van der Waals surface area contributed by atoms with Gasteiger partial charge in [-0.2, -0.15) is 0 Å². The van der Waals surface area contributed by atoms with Crippen LogP contribution >= 0.6 is 0 Å². The molecule has 2 aromatic carbocycles. The average Bonchev–Trinajstić information content (AvgIpc) is 2.58. The summed E-state index contributed by atoms with van der Waals surface area (Å²) in [7, 11) is 0. The molecule has 0 saturated carbocycles. The predicted octanol–water partition coefficient (Wildman–Crippen LogP) is 3.85. The predicted molar refractivity (Wildman–Crippen MR) is 98.1 cm³/mol. The summed E-state index contributed by atoms with van der Waals surface area (Å²) < 4.78 is 19.0. The number of carbonyl (C=O) groups is 2. The van der Waals surface area contributed by atoms with Crippen LogP contribution in [-0.2, 0) is 4.79 Å². The Morgan fingerprint density at radius 1 is 1.27 bits per heavy atom. The Labute approximate surface area is 151 Å². The highest BCUT2D eigenvalue weighted by Crippen LogP contribution is 2.36. The van der Waals surface area contributed by atoms with E-state index >= 15 is 0 Å². The van der Waals surface area contributed by atoms with Crippen LogP contribution in [0.2, 0.25) is 0 Å². The van der Waals surface area contributed by atoms with Crippen LogP contribution in [0, 0.1) is 11.7 Å². The molecule has 2 aromatic rings. The van der Waals surface area contributed by atoms with Crippen LogP contribution < -0.4 is 15.0 Å². The van der Waals surface area contributed by atoms with E-state index in [1.807, 2.05) is 13.8 Å². The van der Waals surface area contributed by atoms with Gasteiger partial charge in [0, 0.05) is 23.9 Å². The third-order valence-electron chi connectivity index (χ3n) is 4.06. The highest BCUT2D eigenvalue weighted by atomic mass is 19.1. The third kappa shape index (κ3) is 3.69. The molecular weight excluding hydrogens is 335 g/mol. The van der Waals surface area contributed by atoms with Gasteiger partial charge in [-0.25, -0.2) is 4.39 Å². The van der Waals surface area contributed by atoms with Gasteiger partial charge in [0.25, 0.3) is 11.8 Å². The molecule has 0 bridgehead atoms. The first-order valence-corrected chi connectivity index (χ1v) is 8.54. The van der Waals surface area contributed by atoms with E-state index in [0.717, 1.165) is 0 Å². The maximum absolute atomic E-state index is 13.3. The number of nitrogens with one attached hydrogen (secondary N) is 1. The third-order valence-corrected chi connectivity index (χ3v) is 4.06. The van der Waals surface area contributed by atoms with Crippen molar-refractivity contribution in [3.05, 3.63) is 53.8 Å². The molecule has 1 atom stereocenters. The van der Waals surface area contributed by atoms with E-state index < -0.39 is 17.8 Å². The van der Waals surface area contributed by atoms with Crippen LogP contribution in [-0.4, -0.2) is 24.5 Å². The number of anilines is 2. The topological polar surface area (TPSA) is 58.6 Å². The zero-order valence-electron chi connectivity index (χ0n) is 15.0. The SMILES string of the molecule is CC(C)CN1C(=O)C(C)Oc2cc(NC(=O)c3cccc(F)c3)ccc21. The van der Waals surface area contributed by atoms with Crippen molar-refractivity contribution in [2.75, 3.05) is 16.8 Å². The quantitative estimate of drug-likeness (QED) is 0.905. The Balaban J connectivity index is 1.85. The minimum Gasteiger partial charge on any atom is -0.479 e. The Hall–Kier alpha value is -2.89. The molecule has 3 rings (SSSR count). The standard InChI is InChI=1S/C20H21FN2O3/c1-12(2)11-23-17-8-7-16(10-18(17)26-13(3)20(23)25)22-19(24)14-5-4-6-15(21)9-14/h4-10,12-13H,11H2,1-3H3,(H,22,24). The summed E-state index contributed by atoms with van der Waals surface area (Å²) in [5, 5.41) is 2.73. The lowest BCUT2D eigenvalue weighted by molar-refractivity contribution is -0.125. The summed E-state index contributed by atoms with van der Waals surface area (Å²) in [5.41, 5.74) is 1.43. The summed E-state index contributed by atoms with van der Waals surface area (Å²) in [4.78, 5) is 26.4. The summed E-state index contributed by atoms with van der Waals surface area (Å²) in [6.45, 7) is 6.38. The van der Waals surface area contributed by atoms with Gasteiger partial charge in [-0.05, 0) is 43.2 Å². The second kappa shape index (κ2) is 7.15. The molecule has 2 amide bonds. The molecule has 0 aromatic heterocycles. The number of hydrogen-bond acceptors (Lipinski definition) is 3. The first-order chi connectivity index (χ1) is 12.3. The average molecular weight is 356 g/mol. The second-order valence-corrected chi connectivity index (χ2v) is 6.75. The molecule has 0 aliphatic carbocycles. The van der Waals surface area contributed by atoms with Crippen molar-refractivity contribution in [3.63, 3.8) is 0 Å². The highest BCUT2D eigenvalue weighted by molar-refractivity contribution is 6.05. The summed E-state index contributed by atoms with van der Waals surface area (Å²) >= 11 is 0. The Morgan fingerprint density at radius 2 is 2.04 bits per heavy atom. The maximum Gasteiger partial charge on any atom is 0.267 e. The zero-order chi connectivity index (χ0) is 18.8. The van der Waals surface area contributed by atoms with Gasteiger partial charge < -0.3 is 15.0 Å². The highest BCUT2D eigenvalue weighted by Gasteiger charge is 2.32. The zero-order valence-corrected chi connectivity index (χ0v) is 15.0. The molecule has 26 heavy (non-hydrogen) atoms. The molecule has 6 heteroatoms. The van der Waals surface area contributed by atoms with Crippen molar-refractivity contribution in [2.45, 2.75) is 26.9 Å². The van der Waals surface area contributed by atoms with Crippen molar-refractivity contribution in [3.8, 4) is 5.75 Å². The van der Waals surface area contributed by atoms with E-state index in [1.54, 1.807) is 36.1 Å². The van der Waals surface area contributed by atoms with Gasteiger partial charge in [-0.15, -0.1) is 0 Å². The van der Waals surface area contributed by atoms with Gasteiger partial charge in [0.05, 0.1) is 5.69 Å². The first-order valence-electron chi connectivity index (χ1n) is 8.54. The van der Waals surface area contributed by atoms with Crippen LogP contribution in [0.1, 0.15) is 31.1 Å². The second-order valence-electron chi connectivity index (χ2n) is 6.75.